The van der Waals surface area contributed by atoms with E-state index in [4.69, 9.17) is 11.6 Å². The molecule has 0 bridgehead atoms. The minimum atomic E-state index is 0.527. The molecule has 98 valence electrons. The Kier molecular flexibility index (Phi) is 2.97. The molecule has 0 radical (unpaired) electrons. The predicted octanol–water partition coefficient (Wildman–Crippen LogP) is 5.68. The molecular weight excluding hydrogens is 240 g/mol. The molecule has 18 heavy (non-hydrogen) atoms. The van der Waals surface area contributed by atoms with Gasteiger partial charge in [-0.1, -0.05) is 50.9 Å². The lowest BCUT2D eigenvalue weighted by atomic mass is 9.66. The zero-order valence-electron chi connectivity index (χ0n) is 11.7. The van der Waals surface area contributed by atoms with Crippen molar-refractivity contribution in [2.24, 2.45) is 5.41 Å². The molecule has 2 aliphatic carbocycles. The first-order chi connectivity index (χ1) is 8.53. The number of hydrogen-bond donors (Lipinski definition) is 0. The molecule has 3 rings (SSSR count). The summed E-state index contributed by atoms with van der Waals surface area (Å²) < 4.78 is 0. The van der Waals surface area contributed by atoms with E-state index in [1.54, 1.807) is 5.56 Å². The SMILES string of the molecule is CC(C)c1ccc2c(c1Cl)CC[C@@]1(C)CCC[C@H]21. The van der Waals surface area contributed by atoms with Crippen molar-refractivity contribution in [2.75, 3.05) is 0 Å². The summed E-state index contributed by atoms with van der Waals surface area (Å²) in [5, 5.41) is 1.07. The third kappa shape index (κ3) is 1.72. The Labute approximate surface area is 116 Å². The quantitative estimate of drug-likeness (QED) is 0.610. The van der Waals surface area contributed by atoms with Gasteiger partial charge in [-0.3, -0.25) is 0 Å². The molecule has 0 aromatic heterocycles. The number of benzene rings is 1. The van der Waals surface area contributed by atoms with E-state index in [0.29, 0.717) is 11.3 Å². The lowest BCUT2D eigenvalue weighted by Gasteiger charge is -2.38. The van der Waals surface area contributed by atoms with Crippen LogP contribution in [0, 0.1) is 5.41 Å². The van der Waals surface area contributed by atoms with Crippen molar-refractivity contribution in [1.29, 1.82) is 0 Å². The fourth-order valence-electron chi connectivity index (χ4n) is 4.15. The summed E-state index contributed by atoms with van der Waals surface area (Å²) >= 11 is 6.66. The van der Waals surface area contributed by atoms with E-state index in [-0.39, 0.29) is 0 Å². The van der Waals surface area contributed by atoms with Crippen LogP contribution < -0.4 is 0 Å². The van der Waals surface area contributed by atoms with Crippen molar-refractivity contribution < 1.29 is 0 Å². The molecule has 2 aliphatic rings. The van der Waals surface area contributed by atoms with E-state index in [1.807, 2.05) is 0 Å². The van der Waals surface area contributed by atoms with Gasteiger partial charge in [0.2, 0.25) is 0 Å². The van der Waals surface area contributed by atoms with Crippen LogP contribution in [0.25, 0.3) is 0 Å². The summed E-state index contributed by atoms with van der Waals surface area (Å²) in [6, 6.07) is 4.65. The molecule has 0 spiro atoms. The largest absolute Gasteiger partial charge is 0.0837 e. The van der Waals surface area contributed by atoms with Crippen molar-refractivity contribution in [3.63, 3.8) is 0 Å². The molecule has 0 unspecified atom stereocenters. The molecule has 0 nitrogen and oxygen atoms in total. The fraction of sp³-hybridized carbons (Fsp3) is 0.647. The van der Waals surface area contributed by atoms with Crippen LogP contribution in [0.5, 0.6) is 0 Å². The third-order valence-electron chi connectivity index (χ3n) is 5.33. The predicted molar refractivity (Wildman–Crippen MR) is 78.6 cm³/mol. The van der Waals surface area contributed by atoms with Crippen LogP contribution in [0.3, 0.4) is 0 Å². The van der Waals surface area contributed by atoms with Gasteiger partial charge < -0.3 is 0 Å². The molecule has 0 saturated heterocycles. The zero-order valence-corrected chi connectivity index (χ0v) is 12.5. The average molecular weight is 263 g/mol. The summed E-state index contributed by atoms with van der Waals surface area (Å²) in [7, 11) is 0. The standard InChI is InChI=1S/C17H23Cl/c1-11(2)12-6-7-13-14(16(12)18)8-10-17(3)9-4-5-15(13)17/h6-7,11,15H,4-5,8-10H2,1-3H3/t15-,17-/m1/s1. The Bertz CT molecular complexity index is 475. The summed E-state index contributed by atoms with van der Waals surface area (Å²) in [6.07, 6.45) is 6.67. The highest BCUT2D eigenvalue weighted by Crippen LogP contribution is 2.56. The van der Waals surface area contributed by atoms with Crippen molar-refractivity contribution in [3.8, 4) is 0 Å². The van der Waals surface area contributed by atoms with Crippen LogP contribution in [0.4, 0.5) is 0 Å². The van der Waals surface area contributed by atoms with Gasteiger partial charge in [-0.15, -0.1) is 0 Å². The molecular formula is C17H23Cl. The van der Waals surface area contributed by atoms with E-state index in [0.717, 1.165) is 10.9 Å². The van der Waals surface area contributed by atoms with E-state index >= 15 is 0 Å². The molecule has 1 heteroatoms. The number of hydrogen-bond acceptors (Lipinski definition) is 0. The van der Waals surface area contributed by atoms with Gasteiger partial charge in [-0.2, -0.15) is 0 Å². The summed E-state index contributed by atoms with van der Waals surface area (Å²) in [4.78, 5) is 0. The Balaban J connectivity index is 2.10. The van der Waals surface area contributed by atoms with Crippen molar-refractivity contribution in [2.45, 2.75) is 64.7 Å². The molecule has 1 fully saturated rings. The number of halogens is 1. The first-order valence-electron chi connectivity index (χ1n) is 7.34. The van der Waals surface area contributed by atoms with Crippen molar-refractivity contribution in [3.05, 3.63) is 33.8 Å². The van der Waals surface area contributed by atoms with Crippen LogP contribution in [-0.4, -0.2) is 0 Å². The highest BCUT2D eigenvalue weighted by molar-refractivity contribution is 6.32. The van der Waals surface area contributed by atoms with Gasteiger partial charge in [0, 0.05) is 5.02 Å². The van der Waals surface area contributed by atoms with Gasteiger partial charge in [0.05, 0.1) is 0 Å². The van der Waals surface area contributed by atoms with E-state index < -0.39 is 0 Å². The summed E-state index contributed by atoms with van der Waals surface area (Å²) in [6.45, 7) is 6.95. The maximum Gasteiger partial charge on any atom is 0.0475 e. The highest BCUT2D eigenvalue weighted by atomic mass is 35.5. The van der Waals surface area contributed by atoms with E-state index in [2.05, 4.69) is 32.9 Å². The second-order valence-electron chi connectivity index (χ2n) is 6.79. The summed E-state index contributed by atoms with van der Waals surface area (Å²) in [5.74, 6) is 1.29. The molecule has 0 heterocycles. The van der Waals surface area contributed by atoms with Gasteiger partial charge in [-0.25, -0.2) is 0 Å². The Hall–Kier alpha value is -0.490. The topological polar surface area (TPSA) is 0 Å². The van der Waals surface area contributed by atoms with Gasteiger partial charge in [0.1, 0.15) is 0 Å². The number of rotatable bonds is 1. The van der Waals surface area contributed by atoms with Gasteiger partial charge in [0.25, 0.3) is 0 Å². The minimum absolute atomic E-state index is 0.527. The van der Waals surface area contributed by atoms with Crippen LogP contribution >= 0.6 is 11.6 Å². The van der Waals surface area contributed by atoms with E-state index in [1.165, 1.54) is 43.2 Å². The molecule has 1 aromatic carbocycles. The van der Waals surface area contributed by atoms with Crippen molar-refractivity contribution in [1.82, 2.24) is 0 Å². The normalized spacial score (nSPS) is 30.4. The van der Waals surface area contributed by atoms with Crippen LogP contribution in [0.1, 0.15) is 75.0 Å². The monoisotopic (exact) mass is 262 g/mol. The number of fused-ring (bicyclic) bond motifs is 3. The highest BCUT2D eigenvalue weighted by Gasteiger charge is 2.43. The second-order valence-corrected chi connectivity index (χ2v) is 7.17. The Morgan fingerprint density at radius 3 is 2.78 bits per heavy atom. The maximum absolute atomic E-state index is 6.66. The van der Waals surface area contributed by atoms with Crippen LogP contribution in [0.15, 0.2) is 12.1 Å². The van der Waals surface area contributed by atoms with Crippen LogP contribution in [-0.2, 0) is 6.42 Å². The molecule has 1 aromatic rings. The lowest BCUT2D eigenvalue weighted by molar-refractivity contribution is 0.252. The van der Waals surface area contributed by atoms with Gasteiger partial charge >= 0.3 is 0 Å². The van der Waals surface area contributed by atoms with Crippen molar-refractivity contribution >= 4 is 11.6 Å². The summed E-state index contributed by atoms with van der Waals surface area (Å²) in [5.41, 5.74) is 4.91. The smallest absolute Gasteiger partial charge is 0.0475 e. The maximum atomic E-state index is 6.66. The molecule has 0 amide bonds. The fourth-order valence-corrected chi connectivity index (χ4v) is 4.64. The first kappa shape index (κ1) is 12.5. The average Bonchev–Trinajstić information content (AvgIpc) is 2.71. The minimum Gasteiger partial charge on any atom is -0.0837 e. The van der Waals surface area contributed by atoms with E-state index in [9.17, 15) is 0 Å². The Morgan fingerprint density at radius 2 is 2.06 bits per heavy atom. The first-order valence-corrected chi connectivity index (χ1v) is 7.72. The molecule has 1 saturated carbocycles. The molecule has 2 atom stereocenters. The third-order valence-corrected chi connectivity index (χ3v) is 5.78. The second kappa shape index (κ2) is 4.27. The van der Waals surface area contributed by atoms with Gasteiger partial charge in [-0.05, 0) is 59.6 Å². The molecule has 0 aliphatic heterocycles. The lowest BCUT2D eigenvalue weighted by Crippen LogP contribution is -2.27. The van der Waals surface area contributed by atoms with Gasteiger partial charge in [0.15, 0.2) is 0 Å². The van der Waals surface area contributed by atoms with Crippen LogP contribution in [0.2, 0.25) is 5.02 Å². The molecule has 0 N–H and O–H groups in total. The zero-order chi connectivity index (χ0) is 12.9. The Morgan fingerprint density at radius 1 is 1.28 bits per heavy atom.